The van der Waals surface area contributed by atoms with Crippen molar-refractivity contribution in [2.45, 2.75) is 51.0 Å². The van der Waals surface area contributed by atoms with Crippen molar-refractivity contribution in [1.82, 2.24) is 20.0 Å². The summed E-state index contributed by atoms with van der Waals surface area (Å²) in [6, 6.07) is 9.89. The summed E-state index contributed by atoms with van der Waals surface area (Å²) in [6.07, 6.45) is 1.64. The maximum atomic E-state index is 13.5. The van der Waals surface area contributed by atoms with Gasteiger partial charge in [-0.05, 0) is 19.4 Å². The molecule has 3 heterocycles. The van der Waals surface area contributed by atoms with Gasteiger partial charge in [0.1, 0.15) is 11.7 Å². The van der Waals surface area contributed by atoms with E-state index >= 15 is 0 Å². The number of hydrogen-bond acceptors (Lipinski definition) is 4. The number of carbonyl (C=O) groups is 2. The van der Waals surface area contributed by atoms with Gasteiger partial charge in [0.15, 0.2) is 0 Å². The van der Waals surface area contributed by atoms with Crippen molar-refractivity contribution < 1.29 is 14.3 Å². The number of urea groups is 1. The highest BCUT2D eigenvalue weighted by Gasteiger charge is 2.58. The standard InChI is InChI=1S/C21H30N4O3/c1-16(2)22-20(27)23-10-11-24-18(15-23)19(26)25(14-17-6-4-3-5-7-17)21(24)8-12-28-13-9-21/h3-7,16,18H,8-15H2,1-2H3,(H,22,27)/t18-/m1/s1. The van der Waals surface area contributed by atoms with Gasteiger partial charge < -0.3 is 19.9 Å². The minimum atomic E-state index is -0.295. The van der Waals surface area contributed by atoms with Crippen LogP contribution in [0.5, 0.6) is 0 Å². The molecule has 3 aliphatic heterocycles. The Labute approximate surface area is 166 Å². The number of hydrogen-bond donors (Lipinski definition) is 1. The zero-order chi connectivity index (χ0) is 19.7. The molecule has 0 saturated carbocycles. The lowest BCUT2D eigenvalue weighted by Gasteiger charge is -2.49. The molecule has 1 aromatic carbocycles. The van der Waals surface area contributed by atoms with Crippen LogP contribution in [-0.4, -0.2) is 77.2 Å². The zero-order valence-corrected chi connectivity index (χ0v) is 16.8. The summed E-state index contributed by atoms with van der Waals surface area (Å²) >= 11 is 0. The van der Waals surface area contributed by atoms with Crippen LogP contribution in [0.2, 0.25) is 0 Å². The average Bonchev–Trinajstić information content (AvgIpc) is 2.91. The fourth-order valence-electron chi connectivity index (χ4n) is 4.80. The summed E-state index contributed by atoms with van der Waals surface area (Å²) < 4.78 is 5.63. The lowest BCUT2D eigenvalue weighted by atomic mass is 9.96. The molecule has 0 aliphatic carbocycles. The third kappa shape index (κ3) is 3.37. The Morgan fingerprint density at radius 3 is 2.61 bits per heavy atom. The molecular formula is C21H30N4O3. The number of nitrogens with zero attached hydrogens (tertiary/aromatic N) is 3. The number of piperazine rings is 1. The number of amides is 3. The van der Waals surface area contributed by atoms with Crippen LogP contribution in [0.15, 0.2) is 30.3 Å². The largest absolute Gasteiger partial charge is 0.381 e. The van der Waals surface area contributed by atoms with Crippen molar-refractivity contribution in [3.8, 4) is 0 Å². The monoisotopic (exact) mass is 386 g/mol. The van der Waals surface area contributed by atoms with Crippen LogP contribution in [0, 0.1) is 0 Å². The molecule has 7 nitrogen and oxygen atoms in total. The number of benzene rings is 1. The Balaban J connectivity index is 1.59. The van der Waals surface area contributed by atoms with E-state index < -0.39 is 0 Å². The summed E-state index contributed by atoms with van der Waals surface area (Å²) in [4.78, 5) is 32.2. The third-order valence-corrected chi connectivity index (χ3v) is 6.14. The van der Waals surface area contributed by atoms with E-state index in [1.807, 2.05) is 32.0 Å². The second kappa shape index (κ2) is 7.72. The van der Waals surface area contributed by atoms with E-state index in [9.17, 15) is 9.59 Å². The molecule has 4 rings (SSSR count). The fourth-order valence-corrected chi connectivity index (χ4v) is 4.80. The number of carbonyl (C=O) groups excluding carboxylic acids is 2. The Kier molecular flexibility index (Phi) is 5.29. The van der Waals surface area contributed by atoms with Crippen molar-refractivity contribution in [3.63, 3.8) is 0 Å². The second-order valence-electron chi connectivity index (χ2n) is 8.26. The van der Waals surface area contributed by atoms with Crippen LogP contribution >= 0.6 is 0 Å². The number of fused-ring (bicyclic) bond motifs is 2. The molecule has 28 heavy (non-hydrogen) atoms. The molecule has 0 bridgehead atoms. The van der Waals surface area contributed by atoms with E-state index in [0.29, 0.717) is 39.4 Å². The Morgan fingerprint density at radius 1 is 1.21 bits per heavy atom. The maximum absolute atomic E-state index is 13.5. The lowest BCUT2D eigenvalue weighted by Crippen LogP contribution is -2.63. The van der Waals surface area contributed by atoms with Gasteiger partial charge in [0.2, 0.25) is 5.91 Å². The molecule has 3 saturated heterocycles. The summed E-state index contributed by atoms with van der Waals surface area (Å²) in [5, 5.41) is 2.95. The molecule has 0 aromatic heterocycles. The third-order valence-electron chi connectivity index (χ3n) is 6.14. The predicted molar refractivity (Wildman–Crippen MR) is 106 cm³/mol. The van der Waals surface area contributed by atoms with Gasteiger partial charge in [0.25, 0.3) is 0 Å². The first kappa shape index (κ1) is 19.2. The maximum Gasteiger partial charge on any atom is 0.317 e. The molecule has 1 spiro atoms. The van der Waals surface area contributed by atoms with Crippen LogP contribution in [-0.2, 0) is 16.1 Å². The number of rotatable bonds is 3. The van der Waals surface area contributed by atoms with Crippen LogP contribution in [0.3, 0.4) is 0 Å². The van der Waals surface area contributed by atoms with Gasteiger partial charge in [-0.2, -0.15) is 0 Å². The molecule has 1 N–H and O–H groups in total. The van der Waals surface area contributed by atoms with Gasteiger partial charge in [0, 0.05) is 45.1 Å². The summed E-state index contributed by atoms with van der Waals surface area (Å²) in [6.45, 7) is 7.65. The summed E-state index contributed by atoms with van der Waals surface area (Å²) in [5.41, 5.74) is 0.840. The molecule has 1 atom stereocenters. The molecule has 0 unspecified atom stereocenters. The Morgan fingerprint density at radius 2 is 1.93 bits per heavy atom. The van der Waals surface area contributed by atoms with Gasteiger partial charge in [-0.3, -0.25) is 9.69 Å². The normalized spacial score (nSPS) is 24.7. The molecule has 3 fully saturated rings. The van der Waals surface area contributed by atoms with E-state index in [4.69, 9.17) is 4.74 Å². The topological polar surface area (TPSA) is 65.1 Å². The minimum absolute atomic E-state index is 0.0787. The van der Waals surface area contributed by atoms with Gasteiger partial charge in [-0.15, -0.1) is 0 Å². The first-order valence-corrected chi connectivity index (χ1v) is 10.3. The SMILES string of the molecule is CC(C)NC(=O)N1CCN2[C@H](C1)C(=O)N(Cc1ccccc1)C21CCOCC1. The molecular weight excluding hydrogens is 356 g/mol. The van der Waals surface area contributed by atoms with Gasteiger partial charge >= 0.3 is 6.03 Å². The summed E-state index contributed by atoms with van der Waals surface area (Å²) in [5.74, 6) is 0.132. The van der Waals surface area contributed by atoms with Gasteiger partial charge in [-0.1, -0.05) is 30.3 Å². The fraction of sp³-hybridized carbons (Fsp3) is 0.619. The minimum Gasteiger partial charge on any atom is -0.381 e. The van der Waals surface area contributed by atoms with Gasteiger partial charge in [0.05, 0.1) is 13.2 Å². The van der Waals surface area contributed by atoms with E-state index in [1.54, 1.807) is 4.90 Å². The zero-order valence-electron chi connectivity index (χ0n) is 16.8. The van der Waals surface area contributed by atoms with Crippen molar-refractivity contribution in [2.75, 3.05) is 32.8 Å². The Hall–Kier alpha value is -2.12. The van der Waals surface area contributed by atoms with Crippen molar-refractivity contribution >= 4 is 11.9 Å². The van der Waals surface area contributed by atoms with Crippen molar-refractivity contribution in [3.05, 3.63) is 35.9 Å². The summed E-state index contributed by atoms with van der Waals surface area (Å²) in [7, 11) is 0. The van der Waals surface area contributed by atoms with Crippen LogP contribution in [0.25, 0.3) is 0 Å². The molecule has 7 heteroatoms. The van der Waals surface area contributed by atoms with E-state index in [1.165, 1.54) is 0 Å². The van der Waals surface area contributed by atoms with Crippen LogP contribution in [0.4, 0.5) is 4.79 Å². The van der Waals surface area contributed by atoms with Crippen LogP contribution < -0.4 is 5.32 Å². The van der Waals surface area contributed by atoms with Crippen LogP contribution in [0.1, 0.15) is 32.3 Å². The van der Waals surface area contributed by atoms with E-state index in [-0.39, 0.29) is 29.7 Å². The highest BCUT2D eigenvalue weighted by atomic mass is 16.5. The molecule has 1 aromatic rings. The number of nitrogens with one attached hydrogen (secondary N) is 1. The Bertz CT molecular complexity index is 718. The highest BCUT2D eigenvalue weighted by molar-refractivity contribution is 5.87. The molecule has 3 amide bonds. The van der Waals surface area contributed by atoms with E-state index in [0.717, 1.165) is 18.4 Å². The number of ether oxygens (including phenoxy) is 1. The quantitative estimate of drug-likeness (QED) is 0.858. The van der Waals surface area contributed by atoms with Gasteiger partial charge in [-0.25, -0.2) is 4.79 Å². The lowest BCUT2D eigenvalue weighted by molar-refractivity contribution is -0.137. The average molecular weight is 386 g/mol. The molecule has 152 valence electrons. The first-order valence-electron chi connectivity index (χ1n) is 10.3. The second-order valence-corrected chi connectivity index (χ2v) is 8.26. The van der Waals surface area contributed by atoms with Crippen molar-refractivity contribution in [1.29, 1.82) is 0 Å². The smallest absolute Gasteiger partial charge is 0.317 e. The first-order chi connectivity index (χ1) is 13.5. The predicted octanol–water partition coefficient (Wildman–Crippen LogP) is 1.64. The molecule has 3 aliphatic rings. The van der Waals surface area contributed by atoms with Crippen molar-refractivity contribution in [2.24, 2.45) is 0 Å². The molecule has 0 radical (unpaired) electrons. The van der Waals surface area contributed by atoms with E-state index in [2.05, 4.69) is 27.2 Å². The highest BCUT2D eigenvalue weighted by Crippen LogP contribution is 2.42.